The first kappa shape index (κ1) is 13.8. The Hall–Kier alpha value is -2.14. The molecule has 0 bridgehead atoms. The number of hydrogen-bond donors (Lipinski definition) is 2. The zero-order chi connectivity index (χ0) is 14.5. The molecule has 2 N–H and O–H groups in total. The number of aromatic nitrogens is 2. The Morgan fingerprint density at radius 3 is 2.95 bits per heavy atom. The van der Waals surface area contributed by atoms with E-state index in [9.17, 15) is 4.79 Å². The number of benzene rings is 1. The molecule has 21 heavy (non-hydrogen) atoms. The largest absolute Gasteiger partial charge is 0.351 e. The van der Waals surface area contributed by atoms with Crippen molar-refractivity contribution < 1.29 is 4.79 Å². The minimum absolute atomic E-state index is 0.0390. The molecule has 5 heteroatoms. The average molecular weight is 284 g/mol. The van der Waals surface area contributed by atoms with Crippen LogP contribution in [0.5, 0.6) is 0 Å². The zero-order valence-electron chi connectivity index (χ0n) is 12.0. The molecule has 0 saturated carbocycles. The Bertz CT molecular complexity index is 587. The highest BCUT2D eigenvalue weighted by Crippen LogP contribution is 2.09. The van der Waals surface area contributed by atoms with Gasteiger partial charge in [-0.2, -0.15) is 5.10 Å². The van der Waals surface area contributed by atoms with Gasteiger partial charge in [-0.25, -0.2) is 4.68 Å². The minimum Gasteiger partial charge on any atom is -0.351 e. The van der Waals surface area contributed by atoms with E-state index in [1.807, 2.05) is 41.2 Å². The van der Waals surface area contributed by atoms with Crippen LogP contribution in [0.2, 0.25) is 0 Å². The molecule has 2 aromatic rings. The Labute approximate surface area is 124 Å². The highest BCUT2D eigenvalue weighted by molar-refractivity contribution is 5.81. The highest BCUT2D eigenvalue weighted by Gasteiger charge is 2.19. The van der Waals surface area contributed by atoms with E-state index in [2.05, 4.69) is 15.7 Å². The first-order valence-electron chi connectivity index (χ1n) is 7.43. The fourth-order valence-electron chi connectivity index (χ4n) is 2.56. The molecule has 1 fully saturated rings. The molecule has 0 spiro atoms. The van der Waals surface area contributed by atoms with Crippen molar-refractivity contribution in [1.29, 1.82) is 0 Å². The number of piperidine rings is 1. The number of nitrogens with zero attached hydrogens (tertiary/aromatic N) is 2. The molecule has 0 unspecified atom stereocenters. The quantitative estimate of drug-likeness (QED) is 0.897. The summed E-state index contributed by atoms with van der Waals surface area (Å²) in [6, 6.07) is 9.90. The van der Waals surface area contributed by atoms with E-state index >= 15 is 0 Å². The molecule has 1 aliphatic heterocycles. The lowest BCUT2D eigenvalue weighted by atomic mass is 10.0. The predicted molar refractivity (Wildman–Crippen MR) is 81.1 cm³/mol. The Morgan fingerprint density at radius 1 is 1.33 bits per heavy atom. The molecule has 2 heterocycles. The van der Waals surface area contributed by atoms with Gasteiger partial charge < -0.3 is 10.6 Å². The van der Waals surface area contributed by atoms with E-state index in [-0.39, 0.29) is 11.9 Å². The number of amides is 1. The SMILES string of the molecule is O=C(NCc1cnn(-c2ccccc2)c1)[C@H]1CCCCN1. The number of rotatable bonds is 4. The lowest BCUT2D eigenvalue weighted by Crippen LogP contribution is -2.46. The van der Waals surface area contributed by atoms with Crippen LogP contribution in [0.3, 0.4) is 0 Å². The van der Waals surface area contributed by atoms with E-state index < -0.39 is 0 Å². The maximum Gasteiger partial charge on any atom is 0.237 e. The molecule has 1 atom stereocenters. The molecule has 1 aromatic heterocycles. The van der Waals surface area contributed by atoms with Gasteiger partial charge in [-0.1, -0.05) is 24.6 Å². The second-order valence-electron chi connectivity index (χ2n) is 5.35. The first-order valence-corrected chi connectivity index (χ1v) is 7.43. The van der Waals surface area contributed by atoms with Gasteiger partial charge in [-0.3, -0.25) is 4.79 Å². The number of carbonyl (C=O) groups is 1. The maximum absolute atomic E-state index is 12.0. The van der Waals surface area contributed by atoms with E-state index in [4.69, 9.17) is 0 Å². The van der Waals surface area contributed by atoms with Gasteiger partial charge in [0.15, 0.2) is 0 Å². The predicted octanol–water partition coefficient (Wildman–Crippen LogP) is 1.63. The summed E-state index contributed by atoms with van der Waals surface area (Å²) in [7, 11) is 0. The molecule has 5 nitrogen and oxygen atoms in total. The van der Waals surface area contributed by atoms with Gasteiger partial charge >= 0.3 is 0 Å². The maximum atomic E-state index is 12.0. The van der Waals surface area contributed by atoms with E-state index in [0.717, 1.165) is 37.1 Å². The molecule has 3 rings (SSSR count). The Kier molecular flexibility index (Phi) is 4.31. The normalized spacial score (nSPS) is 18.4. The summed E-state index contributed by atoms with van der Waals surface area (Å²) in [5.41, 5.74) is 2.02. The zero-order valence-corrected chi connectivity index (χ0v) is 12.0. The third kappa shape index (κ3) is 3.49. The number of nitrogens with one attached hydrogen (secondary N) is 2. The summed E-state index contributed by atoms with van der Waals surface area (Å²) >= 11 is 0. The third-order valence-electron chi connectivity index (χ3n) is 3.75. The molecule has 1 amide bonds. The van der Waals surface area contributed by atoms with Gasteiger partial charge in [0.1, 0.15) is 0 Å². The number of para-hydroxylation sites is 1. The summed E-state index contributed by atoms with van der Waals surface area (Å²) in [5.74, 6) is 0.0853. The van der Waals surface area contributed by atoms with Crippen molar-refractivity contribution in [2.75, 3.05) is 6.54 Å². The lowest BCUT2D eigenvalue weighted by molar-refractivity contribution is -0.123. The van der Waals surface area contributed by atoms with Crippen molar-refractivity contribution in [2.45, 2.75) is 31.8 Å². The van der Waals surface area contributed by atoms with Crippen LogP contribution in [0.4, 0.5) is 0 Å². The van der Waals surface area contributed by atoms with Crippen LogP contribution in [0.1, 0.15) is 24.8 Å². The number of carbonyl (C=O) groups excluding carboxylic acids is 1. The van der Waals surface area contributed by atoms with Crippen LogP contribution in [0, 0.1) is 0 Å². The van der Waals surface area contributed by atoms with Crippen LogP contribution in [0.25, 0.3) is 5.69 Å². The smallest absolute Gasteiger partial charge is 0.237 e. The average Bonchev–Trinajstić information content (AvgIpc) is 3.03. The van der Waals surface area contributed by atoms with Crippen molar-refractivity contribution >= 4 is 5.91 Å². The van der Waals surface area contributed by atoms with Crippen LogP contribution >= 0.6 is 0 Å². The Balaban J connectivity index is 1.56. The lowest BCUT2D eigenvalue weighted by Gasteiger charge is -2.22. The summed E-state index contributed by atoms with van der Waals surface area (Å²) < 4.78 is 1.82. The molecule has 1 aromatic carbocycles. The highest BCUT2D eigenvalue weighted by atomic mass is 16.2. The summed E-state index contributed by atoms with van der Waals surface area (Å²) in [6.45, 7) is 1.45. The van der Waals surface area contributed by atoms with Crippen molar-refractivity contribution in [3.8, 4) is 5.69 Å². The van der Waals surface area contributed by atoms with Gasteiger partial charge in [0, 0.05) is 18.3 Å². The van der Waals surface area contributed by atoms with Gasteiger partial charge in [0.25, 0.3) is 0 Å². The molecule has 0 aliphatic carbocycles. The van der Waals surface area contributed by atoms with Crippen molar-refractivity contribution in [3.63, 3.8) is 0 Å². The van der Waals surface area contributed by atoms with Crippen molar-refractivity contribution in [3.05, 3.63) is 48.3 Å². The monoisotopic (exact) mass is 284 g/mol. The van der Waals surface area contributed by atoms with Crippen LogP contribution in [-0.2, 0) is 11.3 Å². The van der Waals surface area contributed by atoms with Crippen molar-refractivity contribution in [1.82, 2.24) is 20.4 Å². The molecule has 0 radical (unpaired) electrons. The second kappa shape index (κ2) is 6.54. The molecular formula is C16H20N4O. The van der Waals surface area contributed by atoms with Gasteiger partial charge in [-0.05, 0) is 31.5 Å². The van der Waals surface area contributed by atoms with Crippen LogP contribution < -0.4 is 10.6 Å². The van der Waals surface area contributed by atoms with E-state index in [1.54, 1.807) is 6.20 Å². The third-order valence-corrected chi connectivity index (χ3v) is 3.75. The van der Waals surface area contributed by atoms with Gasteiger partial charge in [-0.15, -0.1) is 0 Å². The van der Waals surface area contributed by atoms with Gasteiger partial charge in [0.05, 0.1) is 17.9 Å². The van der Waals surface area contributed by atoms with Crippen LogP contribution in [-0.4, -0.2) is 28.3 Å². The molecule has 1 aliphatic rings. The Morgan fingerprint density at radius 2 is 2.19 bits per heavy atom. The van der Waals surface area contributed by atoms with Gasteiger partial charge in [0.2, 0.25) is 5.91 Å². The first-order chi connectivity index (χ1) is 10.3. The van der Waals surface area contributed by atoms with Crippen molar-refractivity contribution in [2.24, 2.45) is 0 Å². The van der Waals surface area contributed by atoms with E-state index in [1.165, 1.54) is 0 Å². The second-order valence-corrected chi connectivity index (χ2v) is 5.35. The standard InChI is InChI=1S/C16H20N4O/c21-16(15-8-4-5-9-17-15)18-10-13-11-19-20(12-13)14-6-2-1-3-7-14/h1-3,6-7,11-12,15,17H,4-5,8-10H2,(H,18,21)/t15-/m1/s1. The fraction of sp³-hybridized carbons (Fsp3) is 0.375. The fourth-order valence-corrected chi connectivity index (χ4v) is 2.56. The summed E-state index contributed by atoms with van der Waals surface area (Å²) in [4.78, 5) is 12.0. The van der Waals surface area contributed by atoms with Crippen LogP contribution in [0.15, 0.2) is 42.7 Å². The molecule has 110 valence electrons. The summed E-state index contributed by atoms with van der Waals surface area (Å²) in [5, 5.41) is 10.6. The van der Waals surface area contributed by atoms with E-state index in [0.29, 0.717) is 6.54 Å². The number of hydrogen-bond acceptors (Lipinski definition) is 3. The molecule has 1 saturated heterocycles. The molecular weight excluding hydrogens is 264 g/mol. The minimum atomic E-state index is -0.0390. The summed E-state index contributed by atoms with van der Waals surface area (Å²) in [6.07, 6.45) is 6.95. The topological polar surface area (TPSA) is 59.0 Å².